The molecule has 1 atom stereocenters. The first kappa shape index (κ1) is 15.5. The van der Waals surface area contributed by atoms with Crippen molar-refractivity contribution in [3.63, 3.8) is 0 Å². The molecule has 4 nitrogen and oxygen atoms in total. The van der Waals surface area contributed by atoms with Crippen molar-refractivity contribution in [1.82, 2.24) is 4.90 Å². The molecule has 2 aromatic rings. The molecule has 0 N–H and O–H groups in total. The van der Waals surface area contributed by atoms with Crippen molar-refractivity contribution in [3.8, 4) is 11.5 Å². The Labute approximate surface area is 146 Å². The van der Waals surface area contributed by atoms with Gasteiger partial charge >= 0.3 is 0 Å². The van der Waals surface area contributed by atoms with E-state index >= 15 is 0 Å². The van der Waals surface area contributed by atoms with Crippen LogP contribution in [0.25, 0.3) is 0 Å². The number of likely N-dealkylation sites (tertiary alicyclic amines) is 1. The van der Waals surface area contributed by atoms with Crippen LogP contribution in [0, 0.1) is 0 Å². The first-order chi connectivity index (χ1) is 11.8. The van der Waals surface area contributed by atoms with Crippen molar-refractivity contribution < 1.29 is 14.3 Å². The standard InChI is InChI=1S/C19H21NO3S/c21-19(8-6-15-3-2-12-24-15)20-9-1-4-16(20)14-5-7-17-18(13-14)23-11-10-22-17/h2-3,5,7,12-13,16H,1,4,6,8-11H2/t16-/m1/s1. The number of rotatable bonds is 4. The highest BCUT2D eigenvalue weighted by atomic mass is 32.1. The van der Waals surface area contributed by atoms with Gasteiger partial charge in [-0.05, 0) is 48.4 Å². The molecule has 3 heterocycles. The normalized spacial score (nSPS) is 19.5. The summed E-state index contributed by atoms with van der Waals surface area (Å²) in [7, 11) is 0. The topological polar surface area (TPSA) is 38.8 Å². The molecule has 0 saturated carbocycles. The van der Waals surface area contributed by atoms with Crippen molar-refractivity contribution in [2.24, 2.45) is 0 Å². The summed E-state index contributed by atoms with van der Waals surface area (Å²) in [6.07, 6.45) is 3.50. The Morgan fingerprint density at radius 2 is 2.08 bits per heavy atom. The molecular weight excluding hydrogens is 322 g/mol. The summed E-state index contributed by atoms with van der Waals surface area (Å²) in [6, 6.07) is 10.4. The van der Waals surface area contributed by atoms with Crippen LogP contribution in [0.3, 0.4) is 0 Å². The molecule has 1 aromatic carbocycles. The highest BCUT2D eigenvalue weighted by Gasteiger charge is 2.30. The minimum Gasteiger partial charge on any atom is -0.486 e. The van der Waals surface area contributed by atoms with Gasteiger partial charge in [-0.25, -0.2) is 0 Å². The van der Waals surface area contributed by atoms with Crippen LogP contribution in [-0.2, 0) is 11.2 Å². The monoisotopic (exact) mass is 343 g/mol. The van der Waals surface area contributed by atoms with E-state index in [1.807, 2.05) is 23.1 Å². The Hall–Kier alpha value is -2.01. The molecule has 1 aromatic heterocycles. The van der Waals surface area contributed by atoms with Gasteiger partial charge in [0, 0.05) is 17.8 Å². The minimum atomic E-state index is 0.164. The number of aryl methyl sites for hydroxylation is 1. The third-order valence-electron chi connectivity index (χ3n) is 4.69. The van der Waals surface area contributed by atoms with E-state index in [0.29, 0.717) is 19.6 Å². The number of thiophene rings is 1. The van der Waals surface area contributed by atoms with Crippen LogP contribution in [0.4, 0.5) is 0 Å². The quantitative estimate of drug-likeness (QED) is 0.847. The number of hydrogen-bond acceptors (Lipinski definition) is 4. The molecule has 1 saturated heterocycles. The molecule has 2 aliphatic heterocycles. The van der Waals surface area contributed by atoms with Gasteiger partial charge in [0.15, 0.2) is 11.5 Å². The van der Waals surface area contributed by atoms with Crippen molar-refractivity contribution in [2.45, 2.75) is 31.7 Å². The third-order valence-corrected chi connectivity index (χ3v) is 5.63. The fraction of sp³-hybridized carbons (Fsp3) is 0.421. The summed E-state index contributed by atoms with van der Waals surface area (Å²) < 4.78 is 11.3. The number of carbonyl (C=O) groups excluding carboxylic acids is 1. The Morgan fingerprint density at radius 1 is 1.21 bits per heavy atom. The van der Waals surface area contributed by atoms with Crippen LogP contribution in [0.5, 0.6) is 11.5 Å². The average molecular weight is 343 g/mol. The zero-order valence-corrected chi connectivity index (χ0v) is 14.4. The summed E-state index contributed by atoms with van der Waals surface area (Å²) >= 11 is 1.72. The van der Waals surface area contributed by atoms with E-state index in [1.165, 1.54) is 4.88 Å². The molecule has 0 radical (unpaired) electrons. The SMILES string of the molecule is O=C(CCc1cccs1)N1CCC[C@@H]1c1ccc2c(c1)OCCO2. The number of ether oxygens (including phenoxy) is 2. The van der Waals surface area contributed by atoms with Crippen molar-refractivity contribution in [3.05, 3.63) is 46.2 Å². The van der Waals surface area contributed by atoms with Gasteiger partial charge in [0.2, 0.25) is 5.91 Å². The molecule has 4 rings (SSSR count). The lowest BCUT2D eigenvalue weighted by atomic mass is 10.0. The van der Waals surface area contributed by atoms with Gasteiger partial charge in [-0.3, -0.25) is 4.79 Å². The molecule has 24 heavy (non-hydrogen) atoms. The van der Waals surface area contributed by atoms with Crippen molar-refractivity contribution in [2.75, 3.05) is 19.8 Å². The maximum absolute atomic E-state index is 12.7. The molecule has 1 amide bonds. The molecule has 5 heteroatoms. The fourth-order valence-corrected chi connectivity index (χ4v) is 4.22. The predicted molar refractivity (Wildman–Crippen MR) is 93.8 cm³/mol. The van der Waals surface area contributed by atoms with Gasteiger partial charge in [0.1, 0.15) is 13.2 Å². The molecule has 0 bridgehead atoms. The van der Waals surface area contributed by atoms with Crippen LogP contribution >= 0.6 is 11.3 Å². The Bertz CT molecular complexity index is 713. The second kappa shape index (κ2) is 6.85. The lowest BCUT2D eigenvalue weighted by Gasteiger charge is -2.26. The number of carbonyl (C=O) groups is 1. The lowest BCUT2D eigenvalue weighted by Crippen LogP contribution is -2.30. The number of hydrogen-bond donors (Lipinski definition) is 0. The average Bonchev–Trinajstić information content (AvgIpc) is 3.31. The van der Waals surface area contributed by atoms with Crippen LogP contribution in [0.1, 0.15) is 35.7 Å². The van der Waals surface area contributed by atoms with E-state index in [2.05, 4.69) is 17.5 Å². The van der Waals surface area contributed by atoms with E-state index in [0.717, 1.165) is 42.9 Å². The van der Waals surface area contributed by atoms with E-state index < -0.39 is 0 Å². The van der Waals surface area contributed by atoms with E-state index in [4.69, 9.17) is 9.47 Å². The van der Waals surface area contributed by atoms with E-state index in [9.17, 15) is 4.79 Å². The second-order valence-electron chi connectivity index (χ2n) is 6.23. The van der Waals surface area contributed by atoms with Gasteiger partial charge in [-0.15, -0.1) is 11.3 Å². The molecule has 2 aliphatic rings. The van der Waals surface area contributed by atoms with Crippen molar-refractivity contribution in [1.29, 1.82) is 0 Å². The summed E-state index contributed by atoms with van der Waals surface area (Å²) in [6.45, 7) is 2.04. The summed E-state index contributed by atoms with van der Waals surface area (Å²) in [5.74, 6) is 1.86. The lowest BCUT2D eigenvalue weighted by molar-refractivity contribution is -0.132. The molecular formula is C19H21NO3S. The smallest absolute Gasteiger partial charge is 0.223 e. The Balaban J connectivity index is 1.47. The van der Waals surface area contributed by atoms with Gasteiger partial charge in [0.25, 0.3) is 0 Å². The van der Waals surface area contributed by atoms with Crippen LogP contribution in [0.15, 0.2) is 35.7 Å². The van der Waals surface area contributed by atoms with Gasteiger partial charge in [-0.2, -0.15) is 0 Å². The van der Waals surface area contributed by atoms with Gasteiger partial charge in [0.05, 0.1) is 6.04 Å². The summed E-state index contributed by atoms with van der Waals surface area (Å²) in [5.41, 5.74) is 1.15. The Kier molecular flexibility index (Phi) is 4.43. The molecule has 126 valence electrons. The maximum Gasteiger partial charge on any atom is 0.223 e. The highest BCUT2D eigenvalue weighted by Crippen LogP contribution is 2.38. The number of benzene rings is 1. The second-order valence-corrected chi connectivity index (χ2v) is 7.26. The van der Waals surface area contributed by atoms with Crippen LogP contribution in [0.2, 0.25) is 0 Å². The van der Waals surface area contributed by atoms with Crippen molar-refractivity contribution >= 4 is 17.2 Å². The number of amides is 1. The predicted octanol–water partition coefficient (Wildman–Crippen LogP) is 3.82. The van der Waals surface area contributed by atoms with Gasteiger partial charge in [-0.1, -0.05) is 12.1 Å². The zero-order valence-electron chi connectivity index (χ0n) is 13.6. The highest BCUT2D eigenvalue weighted by molar-refractivity contribution is 7.09. The molecule has 1 fully saturated rings. The third kappa shape index (κ3) is 3.13. The molecule has 0 unspecified atom stereocenters. The minimum absolute atomic E-state index is 0.164. The fourth-order valence-electron chi connectivity index (χ4n) is 3.51. The number of fused-ring (bicyclic) bond motifs is 1. The first-order valence-corrected chi connectivity index (χ1v) is 9.40. The molecule has 0 aliphatic carbocycles. The maximum atomic E-state index is 12.7. The summed E-state index contributed by atoms with van der Waals surface area (Å²) in [4.78, 5) is 16.0. The van der Waals surface area contributed by atoms with Crippen LogP contribution in [-0.4, -0.2) is 30.6 Å². The van der Waals surface area contributed by atoms with Crippen LogP contribution < -0.4 is 9.47 Å². The largest absolute Gasteiger partial charge is 0.486 e. The zero-order chi connectivity index (χ0) is 16.4. The first-order valence-electron chi connectivity index (χ1n) is 8.52. The number of nitrogens with zero attached hydrogens (tertiary/aromatic N) is 1. The summed E-state index contributed by atoms with van der Waals surface area (Å²) in [5, 5.41) is 2.06. The Morgan fingerprint density at radius 3 is 2.92 bits per heavy atom. The molecule has 0 spiro atoms. The van der Waals surface area contributed by atoms with Gasteiger partial charge < -0.3 is 14.4 Å². The van der Waals surface area contributed by atoms with E-state index in [1.54, 1.807) is 11.3 Å². The van der Waals surface area contributed by atoms with E-state index in [-0.39, 0.29) is 11.9 Å².